The van der Waals surface area contributed by atoms with Crippen LogP contribution in [0.15, 0.2) is 18.2 Å². The number of fused-ring (bicyclic) bond motifs is 1. The minimum Gasteiger partial charge on any atom is -0.488 e. The topological polar surface area (TPSA) is 55.6 Å². The molecule has 1 unspecified atom stereocenters. The zero-order chi connectivity index (χ0) is 11.0. The molecule has 80 valence electrons. The van der Waals surface area contributed by atoms with Gasteiger partial charge in [0.1, 0.15) is 6.61 Å². The van der Waals surface area contributed by atoms with E-state index in [0.717, 1.165) is 0 Å². The Kier molecular flexibility index (Phi) is 2.26. The van der Waals surface area contributed by atoms with Crippen molar-refractivity contribution in [3.05, 3.63) is 23.8 Å². The third-order valence-electron chi connectivity index (χ3n) is 2.73. The highest BCUT2D eigenvalue weighted by atomic mass is 16.5. The van der Waals surface area contributed by atoms with E-state index in [9.17, 15) is 4.79 Å². The Morgan fingerprint density at radius 2 is 2.27 bits per heavy atom. The van der Waals surface area contributed by atoms with Gasteiger partial charge in [0.15, 0.2) is 5.75 Å². The Bertz CT molecular complexity index is 404. The fourth-order valence-corrected chi connectivity index (χ4v) is 1.59. The van der Waals surface area contributed by atoms with Gasteiger partial charge in [0.05, 0.1) is 17.3 Å². The lowest BCUT2D eigenvalue weighted by molar-refractivity contribution is 0.0732. The van der Waals surface area contributed by atoms with Crippen LogP contribution in [0.25, 0.3) is 0 Å². The number of carbonyl (C=O) groups is 1. The highest BCUT2D eigenvalue weighted by Gasteiger charge is 2.26. The fourth-order valence-electron chi connectivity index (χ4n) is 1.59. The third-order valence-corrected chi connectivity index (χ3v) is 2.73. The summed E-state index contributed by atoms with van der Waals surface area (Å²) in [5.41, 5.74) is 6.83. The fraction of sp³-hybridized carbons (Fsp3) is 0.364. The second-order valence-electron chi connectivity index (χ2n) is 3.80. The molecule has 1 aromatic rings. The van der Waals surface area contributed by atoms with Crippen molar-refractivity contribution in [3.63, 3.8) is 0 Å². The van der Waals surface area contributed by atoms with Gasteiger partial charge >= 0.3 is 0 Å². The first kappa shape index (κ1) is 9.83. The molecule has 1 atom stereocenters. The molecule has 0 aromatic heterocycles. The monoisotopic (exact) mass is 206 g/mol. The van der Waals surface area contributed by atoms with E-state index in [1.165, 1.54) is 0 Å². The summed E-state index contributed by atoms with van der Waals surface area (Å²) < 4.78 is 5.54. The van der Waals surface area contributed by atoms with Gasteiger partial charge in [-0.15, -0.1) is 0 Å². The molecule has 15 heavy (non-hydrogen) atoms. The summed E-state index contributed by atoms with van der Waals surface area (Å²) in [5, 5.41) is 0. The Labute approximate surface area is 88.6 Å². The highest BCUT2D eigenvalue weighted by Crippen LogP contribution is 2.29. The van der Waals surface area contributed by atoms with Crippen LogP contribution in [0, 0.1) is 0 Å². The van der Waals surface area contributed by atoms with Gasteiger partial charge in [0, 0.05) is 7.05 Å². The van der Waals surface area contributed by atoms with Gasteiger partial charge in [0.2, 0.25) is 0 Å². The first-order valence-corrected chi connectivity index (χ1v) is 4.89. The van der Waals surface area contributed by atoms with E-state index in [0.29, 0.717) is 23.6 Å². The van der Waals surface area contributed by atoms with Crippen LogP contribution < -0.4 is 10.5 Å². The van der Waals surface area contributed by atoms with Crippen molar-refractivity contribution < 1.29 is 9.53 Å². The number of nitrogens with two attached hydrogens (primary N) is 1. The van der Waals surface area contributed by atoms with Crippen LogP contribution in [0.2, 0.25) is 0 Å². The predicted octanol–water partition coefficient (Wildman–Crippen LogP) is 1.12. The number of anilines is 1. The van der Waals surface area contributed by atoms with Crippen molar-refractivity contribution in [2.45, 2.75) is 13.0 Å². The smallest absolute Gasteiger partial charge is 0.257 e. The molecule has 0 bridgehead atoms. The SMILES string of the molecule is CC1COc2c(N)cccc2C(=O)N1C. The summed E-state index contributed by atoms with van der Waals surface area (Å²) in [6, 6.07) is 5.30. The average molecular weight is 206 g/mol. The lowest BCUT2D eigenvalue weighted by atomic mass is 10.1. The van der Waals surface area contributed by atoms with Crippen LogP contribution in [-0.2, 0) is 0 Å². The number of likely N-dealkylation sites (N-methyl/N-ethyl adjacent to an activating group) is 1. The molecule has 2 N–H and O–H groups in total. The van der Waals surface area contributed by atoms with Crippen LogP contribution in [-0.4, -0.2) is 30.5 Å². The molecular formula is C11H14N2O2. The number of amides is 1. The van der Waals surface area contributed by atoms with Gasteiger partial charge in [-0.3, -0.25) is 4.79 Å². The second-order valence-corrected chi connectivity index (χ2v) is 3.80. The van der Waals surface area contributed by atoms with E-state index in [4.69, 9.17) is 10.5 Å². The molecule has 1 aromatic carbocycles. The Morgan fingerprint density at radius 3 is 3.00 bits per heavy atom. The molecular weight excluding hydrogens is 192 g/mol. The first-order chi connectivity index (χ1) is 7.11. The normalized spacial score (nSPS) is 20.5. The minimum absolute atomic E-state index is 0.0395. The molecule has 1 heterocycles. The van der Waals surface area contributed by atoms with E-state index in [2.05, 4.69) is 0 Å². The van der Waals surface area contributed by atoms with Gasteiger partial charge in [-0.2, -0.15) is 0 Å². The number of nitrogens with zero attached hydrogens (tertiary/aromatic N) is 1. The quantitative estimate of drug-likeness (QED) is 0.647. The summed E-state index contributed by atoms with van der Waals surface area (Å²) in [6.07, 6.45) is 0. The van der Waals surface area contributed by atoms with Crippen molar-refractivity contribution in [1.29, 1.82) is 0 Å². The lowest BCUT2D eigenvalue weighted by Gasteiger charge is -2.20. The highest BCUT2D eigenvalue weighted by molar-refractivity contribution is 5.99. The number of carbonyl (C=O) groups excluding carboxylic acids is 1. The van der Waals surface area contributed by atoms with Gasteiger partial charge in [-0.1, -0.05) is 6.07 Å². The molecule has 2 rings (SSSR count). The van der Waals surface area contributed by atoms with Crippen molar-refractivity contribution in [2.75, 3.05) is 19.4 Å². The largest absolute Gasteiger partial charge is 0.488 e. The van der Waals surface area contributed by atoms with Crippen molar-refractivity contribution >= 4 is 11.6 Å². The summed E-state index contributed by atoms with van der Waals surface area (Å²) in [6.45, 7) is 2.42. The molecule has 0 saturated heterocycles. The van der Waals surface area contributed by atoms with E-state index in [-0.39, 0.29) is 11.9 Å². The Balaban J connectivity index is 2.52. The van der Waals surface area contributed by atoms with Crippen LogP contribution in [0.5, 0.6) is 5.75 Å². The number of ether oxygens (including phenoxy) is 1. The van der Waals surface area contributed by atoms with Gasteiger partial charge in [-0.25, -0.2) is 0 Å². The molecule has 0 fully saturated rings. The minimum atomic E-state index is -0.0395. The number of rotatable bonds is 0. The number of hydrogen-bond acceptors (Lipinski definition) is 3. The average Bonchev–Trinajstić information content (AvgIpc) is 2.33. The zero-order valence-electron chi connectivity index (χ0n) is 8.86. The van der Waals surface area contributed by atoms with Crippen LogP contribution in [0.1, 0.15) is 17.3 Å². The lowest BCUT2D eigenvalue weighted by Crippen LogP contribution is -2.36. The standard InChI is InChI=1S/C11H14N2O2/c1-7-6-15-10-8(11(14)13(7)2)4-3-5-9(10)12/h3-5,7H,6,12H2,1-2H3. The zero-order valence-corrected chi connectivity index (χ0v) is 8.86. The molecule has 0 spiro atoms. The number of nitrogen functional groups attached to an aromatic ring is 1. The van der Waals surface area contributed by atoms with E-state index in [1.54, 1.807) is 30.1 Å². The van der Waals surface area contributed by atoms with Crippen molar-refractivity contribution in [3.8, 4) is 5.75 Å². The number of para-hydroxylation sites is 1. The van der Waals surface area contributed by atoms with Gasteiger partial charge < -0.3 is 15.4 Å². The maximum atomic E-state index is 12.0. The Morgan fingerprint density at radius 1 is 1.53 bits per heavy atom. The summed E-state index contributed by atoms with van der Waals surface area (Å²) in [5.74, 6) is 0.473. The van der Waals surface area contributed by atoms with Crippen molar-refractivity contribution in [1.82, 2.24) is 4.90 Å². The van der Waals surface area contributed by atoms with Gasteiger partial charge in [0.25, 0.3) is 5.91 Å². The van der Waals surface area contributed by atoms with Crippen LogP contribution in [0.3, 0.4) is 0 Å². The number of benzene rings is 1. The molecule has 4 heteroatoms. The molecule has 0 aliphatic carbocycles. The first-order valence-electron chi connectivity index (χ1n) is 4.89. The molecule has 1 amide bonds. The van der Waals surface area contributed by atoms with Crippen molar-refractivity contribution in [2.24, 2.45) is 0 Å². The number of hydrogen-bond donors (Lipinski definition) is 1. The maximum Gasteiger partial charge on any atom is 0.257 e. The second kappa shape index (κ2) is 3.46. The van der Waals surface area contributed by atoms with E-state index < -0.39 is 0 Å². The molecule has 1 aliphatic heterocycles. The van der Waals surface area contributed by atoms with E-state index in [1.807, 2.05) is 6.92 Å². The van der Waals surface area contributed by atoms with E-state index >= 15 is 0 Å². The molecule has 4 nitrogen and oxygen atoms in total. The maximum absolute atomic E-state index is 12.0. The van der Waals surface area contributed by atoms with Gasteiger partial charge in [-0.05, 0) is 19.1 Å². The molecule has 0 radical (unpaired) electrons. The predicted molar refractivity (Wildman–Crippen MR) is 57.9 cm³/mol. The molecule has 0 saturated carbocycles. The summed E-state index contributed by atoms with van der Waals surface area (Å²) in [4.78, 5) is 13.7. The van der Waals surface area contributed by atoms with Crippen LogP contribution >= 0.6 is 0 Å². The Hall–Kier alpha value is -1.71. The third kappa shape index (κ3) is 1.52. The van der Waals surface area contributed by atoms with Crippen LogP contribution in [0.4, 0.5) is 5.69 Å². The summed E-state index contributed by atoms with van der Waals surface area (Å²) >= 11 is 0. The summed E-state index contributed by atoms with van der Waals surface area (Å²) in [7, 11) is 1.77. The molecule has 1 aliphatic rings.